The lowest BCUT2D eigenvalue weighted by Crippen LogP contribution is -2.25. The maximum Gasteiger partial charge on any atom is 0.147 e. The molecule has 0 heterocycles. The molecule has 0 aromatic heterocycles. The van der Waals surface area contributed by atoms with Crippen LogP contribution in [0.1, 0.15) is 26.2 Å². The van der Waals surface area contributed by atoms with Gasteiger partial charge in [-0.2, -0.15) is 0 Å². The van der Waals surface area contributed by atoms with E-state index < -0.39 is 0 Å². The van der Waals surface area contributed by atoms with E-state index >= 15 is 0 Å². The minimum atomic E-state index is -0.234. The van der Waals surface area contributed by atoms with Gasteiger partial charge in [0, 0.05) is 0 Å². The van der Waals surface area contributed by atoms with Gasteiger partial charge in [0.15, 0.2) is 0 Å². The molecule has 0 aromatic carbocycles. The smallest absolute Gasteiger partial charge is 0.147 e. The third-order valence-electron chi connectivity index (χ3n) is 1.99. The molecule has 0 aliphatic heterocycles. The zero-order valence-electron chi connectivity index (χ0n) is 7.60. The van der Waals surface area contributed by atoms with Crippen LogP contribution < -0.4 is 0 Å². The molecule has 0 aliphatic rings. The summed E-state index contributed by atoms with van der Waals surface area (Å²) < 4.78 is 5.44. The van der Waals surface area contributed by atoms with E-state index in [4.69, 9.17) is 4.43 Å². The fraction of sp³-hybridized carbons (Fsp3) is 0.556. The molecule has 0 N–H and O–H groups in total. The Morgan fingerprint density at radius 1 is 1.45 bits per heavy atom. The van der Waals surface area contributed by atoms with Crippen LogP contribution in [0, 0.1) is 0 Å². The van der Waals surface area contributed by atoms with E-state index in [9.17, 15) is 0 Å². The van der Waals surface area contributed by atoms with Gasteiger partial charge in [0.2, 0.25) is 0 Å². The largest absolute Gasteiger partial charge is 0.416 e. The molecule has 0 saturated heterocycles. The normalized spacial score (nSPS) is 11.4. The molecule has 11 heavy (non-hydrogen) atoms. The van der Waals surface area contributed by atoms with E-state index in [0.29, 0.717) is 0 Å². The van der Waals surface area contributed by atoms with Crippen molar-refractivity contribution in [1.82, 2.24) is 0 Å². The van der Waals surface area contributed by atoms with Gasteiger partial charge in [0.05, 0.1) is 5.60 Å². The topological polar surface area (TPSA) is 9.23 Å². The second kappa shape index (κ2) is 5.33. The van der Waals surface area contributed by atoms with Crippen LogP contribution in [0.4, 0.5) is 0 Å². The molecule has 0 atom stereocenters. The molecule has 0 fully saturated rings. The van der Waals surface area contributed by atoms with E-state index in [0.717, 1.165) is 16.9 Å². The molecule has 2 heteroatoms. The van der Waals surface area contributed by atoms with Gasteiger partial charge in [-0.3, -0.25) is 0 Å². The molecule has 64 valence electrons. The van der Waals surface area contributed by atoms with Gasteiger partial charge in [-0.25, -0.2) is 0 Å². The second-order valence-corrected chi connectivity index (χ2v) is 3.08. The van der Waals surface area contributed by atoms with Gasteiger partial charge in [0.25, 0.3) is 0 Å². The van der Waals surface area contributed by atoms with Crippen LogP contribution in [0.25, 0.3) is 0 Å². The zero-order valence-corrected chi connectivity index (χ0v) is 9.60. The zero-order chi connectivity index (χ0) is 8.74. The summed E-state index contributed by atoms with van der Waals surface area (Å²) in [5.41, 5.74) is -0.234. The Balaban J connectivity index is 4.05. The van der Waals surface area contributed by atoms with Crippen molar-refractivity contribution in [2.24, 2.45) is 0 Å². The molecule has 0 aliphatic carbocycles. The predicted molar refractivity (Wildman–Crippen MR) is 53.7 cm³/mol. The van der Waals surface area contributed by atoms with Crippen molar-refractivity contribution in [1.29, 1.82) is 0 Å². The second-order valence-electron chi connectivity index (χ2n) is 2.67. The van der Waals surface area contributed by atoms with E-state index in [2.05, 4.69) is 20.1 Å². The highest BCUT2D eigenvalue weighted by molar-refractivity contribution is 5.98. The lowest BCUT2D eigenvalue weighted by Gasteiger charge is -2.25. The Hall–Kier alpha value is -0.343. The Morgan fingerprint density at radius 3 is 2.27 bits per heavy atom. The third-order valence-corrected chi connectivity index (χ3v) is 2.75. The average Bonchev–Trinajstić information content (AvgIpc) is 2.08. The number of hydrogen-bond donors (Lipinski definition) is 0. The van der Waals surface area contributed by atoms with Crippen LogP contribution in [0.2, 0.25) is 0 Å². The molecule has 0 unspecified atom stereocenters. The highest BCUT2D eigenvalue weighted by atomic mass is 28.2. The molecule has 0 radical (unpaired) electrons. The summed E-state index contributed by atoms with van der Waals surface area (Å²) in [6.07, 6.45) is 7.07. The van der Waals surface area contributed by atoms with Crippen molar-refractivity contribution in [3.8, 4) is 0 Å². The molecule has 0 saturated carbocycles. The van der Waals surface area contributed by atoms with Crippen LogP contribution in [0.5, 0.6) is 0 Å². The monoisotopic (exact) mass is 170 g/mol. The lowest BCUT2D eigenvalue weighted by atomic mass is 9.97. The van der Waals surface area contributed by atoms with E-state index in [1.165, 1.54) is 12.8 Å². The minimum absolute atomic E-state index is 0.234. The van der Waals surface area contributed by atoms with Crippen LogP contribution in [0.15, 0.2) is 25.3 Å². The quantitative estimate of drug-likeness (QED) is 0.434. The van der Waals surface area contributed by atoms with Crippen LogP contribution in [0.3, 0.4) is 0 Å². The van der Waals surface area contributed by atoms with Crippen molar-refractivity contribution in [2.75, 3.05) is 0 Å². The summed E-state index contributed by atoms with van der Waals surface area (Å²) in [4.78, 5) is 0. The Morgan fingerprint density at radius 2 is 2.00 bits per heavy atom. The number of unbranched alkanes of at least 4 members (excludes halogenated alkanes) is 1. The van der Waals surface area contributed by atoms with Crippen molar-refractivity contribution in [2.45, 2.75) is 31.8 Å². The Bertz CT molecular complexity index is 124. The third kappa shape index (κ3) is 3.04. The Kier molecular flexibility index (Phi) is 5.16. The molecule has 0 amide bonds. The first-order valence-corrected chi connectivity index (χ1v) is 4.88. The fourth-order valence-corrected chi connectivity index (χ4v) is 1.55. The molecule has 1 nitrogen and oxygen atoms in total. The highest BCUT2D eigenvalue weighted by Crippen LogP contribution is 2.20. The van der Waals surface area contributed by atoms with Gasteiger partial charge >= 0.3 is 0 Å². The molecule has 0 spiro atoms. The first-order chi connectivity index (χ1) is 5.24. The van der Waals surface area contributed by atoms with Gasteiger partial charge in [0.1, 0.15) is 10.5 Å². The maximum absolute atomic E-state index is 5.44. The van der Waals surface area contributed by atoms with E-state index in [-0.39, 0.29) is 5.60 Å². The fourth-order valence-electron chi connectivity index (χ4n) is 1.01. The van der Waals surface area contributed by atoms with Crippen molar-refractivity contribution >= 4 is 10.5 Å². The highest BCUT2D eigenvalue weighted by Gasteiger charge is 2.19. The van der Waals surface area contributed by atoms with Crippen molar-refractivity contribution in [3.63, 3.8) is 0 Å². The number of rotatable bonds is 6. The average molecular weight is 170 g/mol. The lowest BCUT2D eigenvalue weighted by molar-refractivity contribution is 0.175. The minimum Gasteiger partial charge on any atom is -0.416 e. The SMILES string of the molecule is C=CC(C=C)(CCCC)O[SiH3]. The summed E-state index contributed by atoms with van der Waals surface area (Å²) in [6.45, 7) is 9.68. The molecular weight excluding hydrogens is 152 g/mol. The maximum atomic E-state index is 5.44. The summed E-state index contributed by atoms with van der Waals surface area (Å²) in [5.74, 6) is 0. The van der Waals surface area contributed by atoms with E-state index in [1.807, 2.05) is 12.2 Å². The molecular formula is C9H18OSi. The molecule has 0 bridgehead atoms. The first-order valence-electron chi connectivity index (χ1n) is 4.07. The number of hydrogen-bond acceptors (Lipinski definition) is 1. The van der Waals surface area contributed by atoms with Crippen LogP contribution in [-0.4, -0.2) is 16.1 Å². The molecule has 0 rings (SSSR count). The summed E-state index contributed by atoms with van der Waals surface area (Å²) >= 11 is 0. The van der Waals surface area contributed by atoms with Gasteiger partial charge < -0.3 is 4.43 Å². The predicted octanol–water partition coefficient (Wildman–Crippen LogP) is 1.58. The van der Waals surface area contributed by atoms with Crippen molar-refractivity contribution < 1.29 is 4.43 Å². The van der Waals surface area contributed by atoms with Crippen LogP contribution >= 0.6 is 0 Å². The Labute approximate surface area is 72.7 Å². The summed E-state index contributed by atoms with van der Waals surface area (Å²) in [5, 5.41) is 0. The summed E-state index contributed by atoms with van der Waals surface area (Å²) in [6, 6.07) is 0. The van der Waals surface area contributed by atoms with Gasteiger partial charge in [-0.1, -0.05) is 45.1 Å². The standard InChI is InChI=1S/C9H18OSi/c1-4-7-8-9(5-2,6-3)10-11/h5-6H,2-4,7-8H2,1,11H3. The van der Waals surface area contributed by atoms with Crippen LogP contribution in [-0.2, 0) is 4.43 Å². The summed E-state index contributed by atoms with van der Waals surface area (Å²) in [7, 11) is 0.740. The van der Waals surface area contributed by atoms with E-state index in [1.54, 1.807) is 0 Å². The molecule has 0 aromatic rings. The van der Waals surface area contributed by atoms with Gasteiger partial charge in [-0.05, 0) is 6.42 Å². The first kappa shape index (κ1) is 10.7. The van der Waals surface area contributed by atoms with Crippen molar-refractivity contribution in [3.05, 3.63) is 25.3 Å². The van der Waals surface area contributed by atoms with Gasteiger partial charge in [-0.15, -0.1) is 0 Å².